The average Bonchev–Trinajstić information content (AvgIpc) is 3.21. The summed E-state index contributed by atoms with van der Waals surface area (Å²) in [6, 6.07) is 3.99. The van der Waals surface area contributed by atoms with Crippen LogP contribution in [0, 0.1) is 5.41 Å². The summed E-state index contributed by atoms with van der Waals surface area (Å²) >= 11 is 0. The molecule has 2 heterocycles. The molecule has 1 aliphatic heterocycles. The minimum absolute atomic E-state index is 0.00932. The van der Waals surface area contributed by atoms with E-state index in [9.17, 15) is 5.11 Å². The van der Waals surface area contributed by atoms with Crippen LogP contribution < -0.4 is 15.4 Å². The molecule has 1 saturated heterocycles. The van der Waals surface area contributed by atoms with E-state index in [0.717, 1.165) is 56.9 Å². The molecular formula is C22H36N4O3. The zero-order valence-electron chi connectivity index (χ0n) is 17.7. The first-order valence-corrected chi connectivity index (χ1v) is 11.1. The Hall–Kier alpha value is -1.86. The smallest absolute Gasteiger partial charge is 0.213 e. The van der Waals surface area contributed by atoms with Crippen LogP contribution >= 0.6 is 0 Å². The third kappa shape index (κ3) is 6.85. The molecular weight excluding hydrogens is 368 g/mol. The number of ether oxygens (including phenoxy) is 2. The number of aliphatic hydroxyl groups is 1. The summed E-state index contributed by atoms with van der Waals surface area (Å²) in [5.41, 5.74) is 1.04. The van der Waals surface area contributed by atoms with Crippen molar-refractivity contribution in [2.45, 2.75) is 64.5 Å². The van der Waals surface area contributed by atoms with E-state index in [1.54, 1.807) is 0 Å². The van der Waals surface area contributed by atoms with Gasteiger partial charge in [-0.15, -0.1) is 0 Å². The molecule has 0 spiro atoms. The van der Waals surface area contributed by atoms with E-state index < -0.39 is 0 Å². The van der Waals surface area contributed by atoms with E-state index in [4.69, 9.17) is 14.5 Å². The molecule has 1 aromatic rings. The molecule has 3 N–H and O–H groups in total. The van der Waals surface area contributed by atoms with Crippen molar-refractivity contribution in [3.8, 4) is 5.88 Å². The standard InChI is InChI=1S/C22H36N4O3/c1-2-23-21(26-16-22(10-12-27)11-13-28-17-22)25-15-18-8-9-20(24-14-18)29-19-6-4-3-5-7-19/h8-9,14,19,27H,2-7,10-13,15-17H2,1H3,(H2,23,25,26). The first kappa shape index (κ1) is 21.8. The van der Waals surface area contributed by atoms with Crippen LogP contribution in [0.1, 0.15) is 57.4 Å². The molecule has 3 rings (SSSR count). The number of aromatic nitrogens is 1. The Morgan fingerprint density at radius 1 is 1.31 bits per heavy atom. The van der Waals surface area contributed by atoms with E-state index in [0.29, 0.717) is 25.1 Å². The molecule has 2 aliphatic rings. The summed E-state index contributed by atoms with van der Waals surface area (Å²) in [5.74, 6) is 1.49. The second-order valence-corrected chi connectivity index (χ2v) is 8.21. The van der Waals surface area contributed by atoms with Crippen molar-refractivity contribution in [2.24, 2.45) is 10.4 Å². The largest absolute Gasteiger partial charge is 0.474 e. The number of hydrogen-bond acceptors (Lipinski definition) is 5. The summed E-state index contributed by atoms with van der Waals surface area (Å²) in [5, 5.41) is 16.1. The highest BCUT2D eigenvalue weighted by molar-refractivity contribution is 5.79. The lowest BCUT2D eigenvalue weighted by Crippen LogP contribution is -2.44. The quantitative estimate of drug-likeness (QED) is 0.433. The van der Waals surface area contributed by atoms with Gasteiger partial charge >= 0.3 is 0 Å². The number of rotatable bonds is 9. The predicted molar refractivity (Wildman–Crippen MR) is 114 cm³/mol. The molecule has 1 aromatic heterocycles. The van der Waals surface area contributed by atoms with Crippen LogP contribution in [0.4, 0.5) is 0 Å². The number of nitrogens with one attached hydrogen (secondary N) is 2. The maximum Gasteiger partial charge on any atom is 0.213 e. The summed E-state index contributed by atoms with van der Waals surface area (Å²) in [6.45, 7) is 5.77. The van der Waals surface area contributed by atoms with Crippen molar-refractivity contribution in [3.63, 3.8) is 0 Å². The second-order valence-electron chi connectivity index (χ2n) is 8.21. The zero-order valence-corrected chi connectivity index (χ0v) is 17.7. The van der Waals surface area contributed by atoms with Gasteiger partial charge in [-0.2, -0.15) is 0 Å². The minimum Gasteiger partial charge on any atom is -0.474 e. The van der Waals surface area contributed by atoms with E-state index in [-0.39, 0.29) is 12.0 Å². The summed E-state index contributed by atoms with van der Waals surface area (Å²) in [6.07, 6.45) is 9.97. The topological polar surface area (TPSA) is 88.0 Å². The fraction of sp³-hybridized carbons (Fsp3) is 0.727. The number of pyridine rings is 1. The number of hydrogen-bond donors (Lipinski definition) is 3. The third-order valence-electron chi connectivity index (χ3n) is 5.86. The van der Waals surface area contributed by atoms with Gasteiger partial charge < -0.3 is 25.2 Å². The number of nitrogens with zero attached hydrogens (tertiary/aromatic N) is 2. The lowest BCUT2D eigenvalue weighted by molar-refractivity contribution is 0.127. The van der Waals surface area contributed by atoms with Crippen molar-refractivity contribution in [1.82, 2.24) is 15.6 Å². The van der Waals surface area contributed by atoms with Gasteiger partial charge in [0.05, 0.1) is 13.2 Å². The van der Waals surface area contributed by atoms with Gasteiger partial charge in [-0.25, -0.2) is 9.98 Å². The first-order chi connectivity index (χ1) is 14.2. The maximum absolute atomic E-state index is 9.39. The molecule has 1 saturated carbocycles. The van der Waals surface area contributed by atoms with Crippen LogP contribution in [0.3, 0.4) is 0 Å². The Bertz CT molecular complexity index is 623. The molecule has 29 heavy (non-hydrogen) atoms. The van der Waals surface area contributed by atoms with Crippen molar-refractivity contribution in [2.75, 3.05) is 32.9 Å². The van der Waals surface area contributed by atoms with Gasteiger partial charge in [-0.05, 0) is 51.0 Å². The Kier molecular flexibility index (Phi) is 8.55. The molecule has 162 valence electrons. The normalized spacial score (nSPS) is 23.2. The van der Waals surface area contributed by atoms with Crippen LogP contribution in [0.5, 0.6) is 5.88 Å². The summed E-state index contributed by atoms with van der Waals surface area (Å²) in [7, 11) is 0. The van der Waals surface area contributed by atoms with Crippen LogP contribution in [0.2, 0.25) is 0 Å². The van der Waals surface area contributed by atoms with E-state index >= 15 is 0 Å². The van der Waals surface area contributed by atoms with Gasteiger partial charge in [-0.3, -0.25) is 0 Å². The molecule has 7 nitrogen and oxygen atoms in total. The summed E-state index contributed by atoms with van der Waals surface area (Å²) in [4.78, 5) is 9.16. The van der Waals surface area contributed by atoms with Gasteiger partial charge in [0.25, 0.3) is 0 Å². The Balaban J connectivity index is 1.52. The highest BCUT2D eigenvalue weighted by Gasteiger charge is 2.34. The Labute approximate surface area is 174 Å². The van der Waals surface area contributed by atoms with Gasteiger partial charge in [0.2, 0.25) is 5.88 Å². The molecule has 0 radical (unpaired) electrons. The highest BCUT2D eigenvalue weighted by Crippen LogP contribution is 2.31. The van der Waals surface area contributed by atoms with Crippen molar-refractivity contribution < 1.29 is 14.6 Å². The summed E-state index contributed by atoms with van der Waals surface area (Å²) < 4.78 is 11.6. The van der Waals surface area contributed by atoms with Crippen LogP contribution in [0.15, 0.2) is 23.3 Å². The second kappa shape index (κ2) is 11.4. The van der Waals surface area contributed by atoms with Gasteiger partial charge in [0.15, 0.2) is 5.96 Å². The zero-order chi connectivity index (χ0) is 20.4. The predicted octanol–water partition coefficient (Wildman–Crippen LogP) is 2.64. The van der Waals surface area contributed by atoms with E-state index in [1.807, 2.05) is 18.3 Å². The molecule has 0 amide bonds. The van der Waals surface area contributed by atoms with Crippen molar-refractivity contribution in [1.29, 1.82) is 0 Å². The monoisotopic (exact) mass is 404 g/mol. The fourth-order valence-corrected chi connectivity index (χ4v) is 4.02. The average molecular weight is 405 g/mol. The van der Waals surface area contributed by atoms with Gasteiger partial charge in [0.1, 0.15) is 6.10 Å². The third-order valence-corrected chi connectivity index (χ3v) is 5.86. The van der Waals surface area contributed by atoms with E-state index in [1.165, 1.54) is 19.3 Å². The molecule has 2 fully saturated rings. The van der Waals surface area contributed by atoms with Gasteiger partial charge in [0, 0.05) is 44.0 Å². The lowest BCUT2D eigenvalue weighted by Gasteiger charge is -2.27. The van der Waals surface area contributed by atoms with Gasteiger partial charge in [-0.1, -0.05) is 12.5 Å². The van der Waals surface area contributed by atoms with E-state index in [2.05, 4.69) is 22.5 Å². The minimum atomic E-state index is -0.00932. The number of aliphatic imine (C=N–C) groups is 1. The van der Waals surface area contributed by atoms with Crippen molar-refractivity contribution in [3.05, 3.63) is 23.9 Å². The van der Waals surface area contributed by atoms with Crippen LogP contribution in [-0.2, 0) is 11.3 Å². The molecule has 1 atom stereocenters. The molecule has 1 aliphatic carbocycles. The lowest BCUT2D eigenvalue weighted by atomic mass is 9.84. The van der Waals surface area contributed by atoms with Crippen molar-refractivity contribution >= 4 is 5.96 Å². The maximum atomic E-state index is 9.39. The highest BCUT2D eigenvalue weighted by atomic mass is 16.5. The van der Waals surface area contributed by atoms with Crippen LogP contribution in [0.25, 0.3) is 0 Å². The Morgan fingerprint density at radius 3 is 2.83 bits per heavy atom. The molecule has 7 heteroatoms. The molecule has 0 aromatic carbocycles. The first-order valence-electron chi connectivity index (χ1n) is 11.1. The molecule has 0 bridgehead atoms. The number of guanidine groups is 1. The molecule has 1 unspecified atom stereocenters. The van der Waals surface area contributed by atoms with Crippen LogP contribution in [-0.4, -0.2) is 55.1 Å². The fourth-order valence-electron chi connectivity index (χ4n) is 4.02. The number of aliphatic hydroxyl groups excluding tert-OH is 1. The Morgan fingerprint density at radius 2 is 2.17 bits per heavy atom. The SMILES string of the molecule is CCNC(=NCc1ccc(OC2CCCCC2)nc1)NCC1(CCO)CCOC1.